The second kappa shape index (κ2) is 5.19. The first kappa shape index (κ1) is 13.8. The highest BCUT2D eigenvalue weighted by Gasteiger charge is 2.35. The van der Waals surface area contributed by atoms with E-state index in [9.17, 15) is 4.79 Å². The fourth-order valence-corrected chi connectivity index (χ4v) is 4.06. The lowest BCUT2D eigenvalue weighted by Crippen LogP contribution is -2.32. The Hall–Kier alpha value is -2.63. The maximum atomic E-state index is 13.1. The summed E-state index contributed by atoms with van der Waals surface area (Å²) in [5.74, 6) is 0.923. The van der Waals surface area contributed by atoms with Crippen molar-refractivity contribution in [1.82, 2.24) is 25.1 Å². The number of aromatic amines is 2. The molecule has 6 heteroatoms. The van der Waals surface area contributed by atoms with Crippen LogP contribution in [0.1, 0.15) is 52.9 Å². The Morgan fingerprint density at radius 3 is 3.04 bits per heavy atom. The lowest BCUT2D eigenvalue weighted by molar-refractivity contribution is 0.0723. The number of fused-ring (bicyclic) bond motifs is 2. The van der Waals surface area contributed by atoms with Gasteiger partial charge >= 0.3 is 0 Å². The maximum Gasteiger partial charge on any atom is 0.275 e. The molecule has 3 aromatic rings. The number of imidazole rings is 1. The molecule has 1 saturated heterocycles. The average Bonchev–Trinajstić information content (AvgIpc) is 3.34. The van der Waals surface area contributed by atoms with E-state index in [4.69, 9.17) is 4.98 Å². The third-order valence-electron chi connectivity index (χ3n) is 5.25. The number of nitrogens with zero attached hydrogens (tertiary/aromatic N) is 3. The van der Waals surface area contributed by atoms with Gasteiger partial charge in [-0.2, -0.15) is 5.10 Å². The molecule has 0 spiro atoms. The summed E-state index contributed by atoms with van der Waals surface area (Å²) in [6, 6.07) is 8.01. The largest absolute Gasteiger partial charge is 0.340 e. The standard InChI is InChI=1S/C18H19N5O/c24-18(16-11-5-3-8-12(11)21-22-16)23-10-4-9-15(23)17-19-13-6-1-2-7-14(13)20-17/h1-2,6-7,15H,3-5,8-10H2,(H,19,20)(H,21,22)/t15-/m1/s1. The molecule has 1 amide bonds. The molecule has 0 radical (unpaired) electrons. The number of carbonyl (C=O) groups is 1. The summed E-state index contributed by atoms with van der Waals surface area (Å²) in [5, 5.41) is 7.35. The van der Waals surface area contributed by atoms with Crippen LogP contribution in [0.25, 0.3) is 11.0 Å². The number of rotatable bonds is 2. The fraction of sp³-hybridized carbons (Fsp3) is 0.389. The van der Waals surface area contributed by atoms with Crippen LogP contribution in [0.15, 0.2) is 24.3 Å². The predicted molar refractivity (Wildman–Crippen MR) is 89.7 cm³/mol. The topological polar surface area (TPSA) is 77.7 Å². The molecule has 1 aliphatic carbocycles. The molecule has 3 heterocycles. The molecule has 2 aliphatic rings. The van der Waals surface area contributed by atoms with Gasteiger partial charge in [0.2, 0.25) is 0 Å². The van der Waals surface area contributed by atoms with E-state index >= 15 is 0 Å². The van der Waals surface area contributed by atoms with Gasteiger partial charge in [-0.3, -0.25) is 9.89 Å². The van der Waals surface area contributed by atoms with E-state index in [-0.39, 0.29) is 11.9 Å². The fourth-order valence-electron chi connectivity index (χ4n) is 4.06. The van der Waals surface area contributed by atoms with Crippen LogP contribution in [0.5, 0.6) is 0 Å². The molecule has 2 N–H and O–H groups in total. The van der Waals surface area contributed by atoms with Gasteiger partial charge < -0.3 is 9.88 Å². The SMILES string of the molecule is O=C(c1n[nH]c2c1CCC2)N1CCC[C@@H]1c1nc2ccccc2[nH]1. The highest BCUT2D eigenvalue weighted by molar-refractivity contribution is 5.94. The van der Waals surface area contributed by atoms with Gasteiger partial charge in [0.15, 0.2) is 5.69 Å². The predicted octanol–water partition coefficient (Wildman–Crippen LogP) is 2.75. The smallest absolute Gasteiger partial charge is 0.275 e. The molecule has 1 aliphatic heterocycles. The quantitative estimate of drug-likeness (QED) is 0.762. The molecule has 0 saturated carbocycles. The minimum Gasteiger partial charge on any atom is -0.340 e. The number of aromatic nitrogens is 4. The monoisotopic (exact) mass is 321 g/mol. The van der Waals surface area contributed by atoms with E-state index in [1.165, 1.54) is 0 Å². The van der Waals surface area contributed by atoms with Crippen molar-refractivity contribution < 1.29 is 4.79 Å². The summed E-state index contributed by atoms with van der Waals surface area (Å²) in [6.07, 6.45) is 5.01. The van der Waals surface area contributed by atoms with E-state index in [1.54, 1.807) is 0 Å². The molecule has 1 atom stereocenters. The Kier molecular flexibility index (Phi) is 2.98. The van der Waals surface area contributed by atoms with Gasteiger partial charge in [0, 0.05) is 17.8 Å². The van der Waals surface area contributed by atoms with E-state index in [0.717, 1.165) is 66.8 Å². The van der Waals surface area contributed by atoms with Gasteiger partial charge in [0.05, 0.1) is 17.1 Å². The average molecular weight is 321 g/mol. The van der Waals surface area contributed by atoms with Gasteiger partial charge in [-0.1, -0.05) is 12.1 Å². The van der Waals surface area contributed by atoms with Crippen LogP contribution < -0.4 is 0 Å². The number of carbonyl (C=O) groups excluding carboxylic acids is 1. The maximum absolute atomic E-state index is 13.1. The first-order valence-corrected chi connectivity index (χ1v) is 8.63. The second-order valence-electron chi connectivity index (χ2n) is 6.68. The number of hydrogen-bond acceptors (Lipinski definition) is 3. The van der Waals surface area contributed by atoms with Crippen LogP contribution in [0, 0.1) is 0 Å². The number of aryl methyl sites for hydroxylation is 1. The van der Waals surface area contributed by atoms with Crippen LogP contribution in [-0.2, 0) is 12.8 Å². The van der Waals surface area contributed by atoms with Crippen LogP contribution in [0.4, 0.5) is 0 Å². The Morgan fingerprint density at radius 1 is 1.21 bits per heavy atom. The Balaban J connectivity index is 1.49. The number of nitrogens with one attached hydrogen (secondary N) is 2. The lowest BCUT2D eigenvalue weighted by Gasteiger charge is -2.22. The summed E-state index contributed by atoms with van der Waals surface area (Å²) >= 11 is 0. The molecular weight excluding hydrogens is 302 g/mol. The summed E-state index contributed by atoms with van der Waals surface area (Å²) in [5.41, 5.74) is 4.85. The van der Waals surface area contributed by atoms with Crippen molar-refractivity contribution in [2.45, 2.75) is 38.1 Å². The third-order valence-corrected chi connectivity index (χ3v) is 5.25. The van der Waals surface area contributed by atoms with Crippen molar-refractivity contribution in [3.8, 4) is 0 Å². The minimum atomic E-state index is 0.0126. The molecule has 122 valence electrons. The van der Waals surface area contributed by atoms with Crippen LogP contribution in [0.3, 0.4) is 0 Å². The molecule has 1 aromatic carbocycles. The van der Waals surface area contributed by atoms with Crippen LogP contribution in [0.2, 0.25) is 0 Å². The third kappa shape index (κ3) is 1.99. The summed E-state index contributed by atoms with van der Waals surface area (Å²) in [4.78, 5) is 23.1. The van der Waals surface area contributed by atoms with Crippen molar-refractivity contribution >= 4 is 16.9 Å². The summed E-state index contributed by atoms with van der Waals surface area (Å²) in [7, 11) is 0. The minimum absolute atomic E-state index is 0.0126. The van der Waals surface area contributed by atoms with Crippen molar-refractivity contribution in [3.63, 3.8) is 0 Å². The van der Waals surface area contributed by atoms with Crippen molar-refractivity contribution in [3.05, 3.63) is 47.0 Å². The number of H-pyrrole nitrogens is 2. The summed E-state index contributed by atoms with van der Waals surface area (Å²) in [6.45, 7) is 0.766. The molecule has 6 nitrogen and oxygen atoms in total. The van der Waals surface area contributed by atoms with E-state index in [0.29, 0.717) is 5.69 Å². The Labute approximate surface area is 139 Å². The highest BCUT2D eigenvalue weighted by Crippen LogP contribution is 2.34. The number of likely N-dealkylation sites (tertiary alicyclic amines) is 1. The molecule has 2 aromatic heterocycles. The van der Waals surface area contributed by atoms with Gasteiger partial charge in [-0.05, 0) is 44.2 Å². The van der Waals surface area contributed by atoms with Crippen molar-refractivity contribution in [2.75, 3.05) is 6.54 Å². The van der Waals surface area contributed by atoms with E-state index in [1.807, 2.05) is 29.2 Å². The zero-order valence-corrected chi connectivity index (χ0v) is 13.4. The zero-order valence-electron chi connectivity index (χ0n) is 13.4. The van der Waals surface area contributed by atoms with Crippen molar-refractivity contribution in [2.24, 2.45) is 0 Å². The van der Waals surface area contributed by atoms with Gasteiger partial charge in [0.25, 0.3) is 5.91 Å². The van der Waals surface area contributed by atoms with E-state index < -0.39 is 0 Å². The normalized spacial score (nSPS) is 20.0. The van der Waals surface area contributed by atoms with E-state index in [2.05, 4.69) is 15.2 Å². The molecular formula is C18H19N5O. The van der Waals surface area contributed by atoms with Crippen LogP contribution in [-0.4, -0.2) is 37.5 Å². The number of para-hydroxylation sites is 2. The summed E-state index contributed by atoms with van der Waals surface area (Å²) < 4.78 is 0. The Bertz CT molecular complexity index is 892. The second-order valence-corrected chi connectivity index (χ2v) is 6.68. The first-order chi connectivity index (χ1) is 11.8. The number of hydrogen-bond donors (Lipinski definition) is 2. The molecule has 0 unspecified atom stereocenters. The van der Waals surface area contributed by atoms with Gasteiger partial charge in [-0.25, -0.2) is 4.98 Å². The van der Waals surface area contributed by atoms with Crippen LogP contribution >= 0.6 is 0 Å². The highest BCUT2D eigenvalue weighted by atomic mass is 16.2. The molecule has 5 rings (SSSR count). The molecule has 0 bridgehead atoms. The molecule has 24 heavy (non-hydrogen) atoms. The van der Waals surface area contributed by atoms with Crippen molar-refractivity contribution in [1.29, 1.82) is 0 Å². The Morgan fingerprint density at radius 2 is 2.12 bits per heavy atom. The van der Waals surface area contributed by atoms with Gasteiger partial charge in [0.1, 0.15) is 5.82 Å². The van der Waals surface area contributed by atoms with Gasteiger partial charge in [-0.15, -0.1) is 0 Å². The molecule has 1 fully saturated rings. The first-order valence-electron chi connectivity index (χ1n) is 8.63. The zero-order chi connectivity index (χ0) is 16.1. The number of amides is 1. The number of benzene rings is 1. The lowest BCUT2D eigenvalue weighted by atomic mass is 10.1.